The van der Waals surface area contributed by atoms with Crippen LogP contribution in [0, 0.1) is 5.92 Å². The molecule has 1 aliphatic carbocycles. The van der Waals surface area contributed by atoms with Gasteiger partial charge >= 0.3 is 12.1 Å². The van der Waals surface area contributed by atoms with Crippen molar-refractivity contribution < 1.29 is 27.8 Å². The second kappa shape index (κ2) is 7.56. The number of aryl methyl sites for hydroxylation is 1. The van der Waals surface area contributed by atoms with Gasteiger partial charge in [-0.3, -0.25) is 0 Å². The minimum absolute atomic E-state index is 0.111. The fourth-order valence-electron chi connectivity index (χ4n) is 4.21. The lowest BCUT2D eigenvalue weighted by Gasteiger charge is -2.38. The molecule has 148 valence electrons. The van der Waals surface area contributed by atoms with E-state index in [1.807, 2.05) is 6.07 Å². The molecule has 1 fully saturated rings. The number of ether oxygens (including phenoxy) is 1. The van der Waals surface area contributed by atoms with E-state index in [2.05, 4.69) is 0 Å². The molecule has 1 atom stereocenters. The van der Waals surface area contributed by atoms with Crippen LogP contribution in [0.4, 0.5) is 13.2 Å². The van der Waals surface area contributed by atoms with Crippen molar-refractivity contribution in [2.75, 3.05) is 0 Å². The number of fused-ring (bicyclic) bond motifs is 1. The minimum atomic E-state index is -4.82. The SMILES string of the molecule is CCC1(C(F)(F)F)Oc2cc(CCC3CCCCC3)ccc2C=C1C(=O)O. The van der Waals surface area contributed by atoms with Gasteiger partial charge in [0.1, 0.15) is 5.75 Å². The van der Waals surface area contributed by atoms with E-state index in [0.29, 0.717) is 11.5 Å². The minimum Gasteiger partial charge on any atom is -0.478 e. The van der Waals surface area contributed by atoms with E-state index in [1.165, 1.54) is 39.0 Å². The van der Waals surface area contributed by atoms with Crippen LogP contribution in [0.1, 0.15) is 63.0 Å². The number of carboxylic acids is 1. The molecule has 0 amide bonds. The number of hydrogen-bond donors (Lipinski definition) is 1. The Morgan fingerprint density at radius 1 is 1.26 bits per heavy atom. The van der Waals surface area contributed by atoms with Gasteiger partial charge in [0.15, 0.2) is 0 Å². The lowest BCUT2D eigenvalue weighted by molar-refractivity contribution is -0.236. The topological polar surface area (TPSA) is 46.5 Å². The summed E-state index contributed by atoms with van der Waals surface area (Å²) in [5.74, 6) is -0.819. The smallest absolute Gasteiger partial charge is 0.432 e. The fraction of sp³-hybridized carbons (Fsp3) is 0.571. The highest BCUT2D eigenvalue weighted by Gasteiger charge is 2.61. The first-order chi connectivity index (χ1) is 12.8. The standard InChI is InChI=1S/C21H25F3O3/c1-2-20(21(22,23)24)17(19(25)26)13-16-11-10-15(12-18(16)27-20)9-8-14-6-4-3-5-7-14/h10-14H,2-9H2,1H3,(H,25,26). The molecule has 1 aromatic rings. The molecule has 1 aromatic carbocycles. The Bertz CT molecular complexity index is 733. The van der Waals surface area contributed by atoms with E-state index in [0.717, 1.165) is 24.5 Å². The summed E-state index contributed by atoms with van der Waals surface area (Å²) in [6.45, 7) is 1.29. The van der Waals surface area contributed by atoms with Crippen LogP contribution in [-0.2, 0) is 11.2 Å². The van der Waals surface area contributed by atoms with E-state index in [1.54, 1.807) is 12.1 Å². The normalized spacial score (nSPS) is 23.3. The second-order valence-electron chi connectivity index (χ2n) is 7.56. The van der Waals surface area contributed by atoms with Gasteiger partial charge in [-0.05, 0) is 42.9 Å². The summed E-state index contributed by atoms with van der Waals surface area (Å²) in [4.78, 5) is 11.5. The van der Waals surface area contributed by atoms with E-state index in [4.69, 9.17) is 4.74 Å². The molecule has 0 spiro atoms. The average molecular weight is 382 g/mol. The Labute approximate surface area is 157 Å². The number of alkyl halides is 3. The first kappa shape index (κ1) is 19.8. The van der Waals surface area contributed by atoms with Crippen LogP contribution in [0.15, 0.2) is 23.8 Å². The summed E-state index contributed by atoms with van der Waals surface area (Å²) >= 11 is 0. The van der Waals surface area contributed by atoms with Gasteiger partial charge in [-0.15, -0.1) is 0 Å². The van der Waals surface area contributed by atoms with Gasteiger partial charge in [-0.25, -0.2) is 4.79 Å². The molecule has 0 saturated heterocycles. The molecule has 1 heterocycles. The van der Waals surface area contributed by atoms with Crippen molar-refractivity contribution in [3.63, 3.8) is 0 Å². The first-order valence-corrected chi connectivity index (χ1v) is 9.61. The largest absolute Gasteiger partial charge is 0.478 e. The molecule has 1 saturated carbocycles. The Hall–Kier alpha value is -1.98. The number of rotatable bonds is 5. The molecule has 0 aromatic heterocycles. The summed E-state index contributed by atoms with van der Waals surface area (Å²) in [5.41, 5.74) is -2.27. The van der Waals surface area contributed by atoms with Crippen LogP contribution >= 0.6 is 0 Å². The zero-order valence-corrected chi connectivity index (χ0v) is 15.4. The van der Waals surface area contributed by atoms with Gasteiger partial charge in [0.05, 0.1) is 5.57 Å². The molecule has 3 rings (SSSR count). The quantitative estimate of drug-likeness (QED) is 0.703. The third kappa shape index (κ3) is 3.85. The highest BCUT2D eigenvalue weighted by molar-refractivity contribution is 5.96. The monoisotopic (exact) mass is 382 g/mol. The predicted molar refractivity (Wildman–Crippen MR) is 96.7 cm³/mol. The van der Waals surface area contributed by atoms with E-state index in [-0.39, 0.29) is 5.75 Å². The van der Waals surface area contributed by atoms with Gasteiger partial charge in [0.25, 0.3) is 0 Å². The third-order valence-electron chi connectivity index (χ3n) is 5.85. The second-order valence-corrected chi connectivity index (χ2v) is 7.56. The molecule has 1 unspecified atom stereocenters. The van der Waals surface area contributed by atoms with Crippen LogP contribution in [0.5, 0.6) is 5.75 Å². The van der Waals surface area contributed by atoms with Crippen LogP contribution < -0.4 is 4.74 Å². The summed E-state index contributed by atoms with van der Waals surface area (Å²) in [6.07, 6.45) is 3.84. The van der Waals surface area contributed by atoms with Crippen molar-refractivity contribution in [2.24, 2.45) is 5.92 Å². The van der Waals surface area contributed by atoms with Crippen molar-refractivity contribution in [1.29, 1.82) is 0 Å². The molecular formula is C21H25F3O3. The number of carboxylic acid groups (broad SMARTS) is 1. The Kier molecular flexibility index (Phi) is 5.54. The van der Waals surface area contributed by atoms with Crippen LogP contribution in [0.2, 0.25) is 0 Å². The molecular weight excluding hydrogens is 357 g/mol. The van der Waals surface area contributed by atoms with E-state index >= 15 is 0 Å². The van der Waals surface area contributed by atoms with E-state index < -0.39 is 29.7 Å². The molecule has 0 bridgehead atoms. The summed E-state index contributed by atoms with van der Waals surface area (Å²) in [7, 11) is 0. The predicted octanol–water partition coefficient (Wildman–Crippen LogP) is 5.77. The summed E-state index contributed by atoms with van der Waals surface area (Å²) in [6, 6.07) is 5.15. The van der Waals surface area contributed by atoms with E-state index in [9.17, 15) is 23.1 Å². The fourth-order valence-corrected chi connectivity index (χ4v) is 4.21. The number of hydrogen-bond acceptors (Lipinski definition) is 2. The Balaban J connectivity index is 1.87. The van der Waals surface area contributed by atoms with Crippen molar-refractivity contribution in [1.82, 2.24) is 0 Å². The Morgan fingerprint density at radius 3 is 2.56 bits per heavy atom. The number of benzene rings is 1. The van der Waals surface area contributed by atoms with Crippen LogP contribution in [-0.4, -0.2) is 22.9 Å². The van der Waals surface area contributed by atoms with Gasteiger partial charge < -0.3 is 9.84 Å². The molecule has 6 heteroatoms. The summed E-state index contributed by atoms with van der Waals surface area (Å²) in [5, 5.41) is 9.33. The van der Waals surface area contributed by atoms with Crippen molar-refractivity contribution in [3.05, 3.63) is 34.9 Å². The molecule has 0 radical (unpaired) electrons. The van der Waals surface area contributed by atoms with Crippen molar-refractivity contribution in [3.8, 4) is 5.75 Å². The number of aliphatic carboxylic acids is 1. The van der Waals surface area contributed by atoms with Crippen molar-refractivity contribution >= 4 is 12.0 Å². The van der Waals surface area contributed by atoms with Crippen LogP contribution in [0.25, 0.3) is 6.08 Å². The molecule has 1 aliphatic heterocycles. The van der Waals surface area contributed by atoms with Gasteiger partial charge in [0.2, 0.25) is 5.60 Å². The maximum absolute atomic E-state index is 13.8. The zero-order valence-electron chi connectivity index (χ0n) is 15.4. The average Bonchev–Trinajstić information content (AvgIpc) is 2.64. The highest BCUT2D eigenvalue weighted by Crippen LogP contribution is 2.47. The Morgan fingerprint density at radius 2 is 1.96 bits per heavy atom. The van der Waals surface area contributed by atoms with Crippen molar-refractivity contribution in [2.45, 2.75) is 70.1 Å². The number of halogens is 3. The molecule has 3 nitrogen and oxygen atoms in total. The van der Waals surface area contributed by atoms with Crippen LogP contribution in [0.3, 0.4) is 0 Å². The first-order valence-electron chi connectivity index (χ1n) is 9.61. The highest BCUT2D eigenvalue weighted by atomic mass is 19.4. The molecule has 2 aliphatic rings. The molecule has 27 heavy (non-hydrogen) atoms. The number of carbonyl (C=O) groups is 1. The summed E-state index contributed by atoms with van der Waals surface area (Å²) < 4.78 is 46.7. The zero-order chi connectivity index (χ0) is 19.7. The van der Waals surface area contributed by atoms with Gasteiger partial charge in [-0.2, -0.15) is 13.2 Å². The lowest BCUT2D eigenvalue weighted by atomic mass is 9.84. The maximum atomic E-state index is 13.8. The lowest BCUT2D eigenvalue weighted by Crippen LogP contribution is -2.54. The maximum Gasteiger partial charge on any atom is 0.432 e. The third-order valence-corrected chi connectivity index (χ3v) is 5.85. The molecule has 1 N–H and O–H groups in total. The van der Waals surface area contributed by atoms with Gasteiger partial charge in [0, 0.05) is 5.56 Å². The van der Waals surface area contributed by atoms with Gasteiger partial charge in [-0.1, -0.05) is 51.2 Å².